The number of unbranched alkanes of at least 4 members (excludes halogenated alkanes) is 1. The molecule has 0 spiro atoms. The highest BCUT2D eigenvalue weighted by Crippen LogP contribution is 2.38. The van der Waals surface area contributed by atoms with Crippen molar-refractivity contribution in [2.45, 2.75) is 96.9 Å². The summed E-state index contributed by atoms with van der Waals surface area (Å²) in [5.74, 6) is 0. The first-order chi connectivity index (χ1) is 25.3. The summed E-state index contributed by atoms with van der Waals surface area (Å²) in [5.41, 5.74) is 5.78. The van der Waals surface area contributed by atoms with Gasteiger partial charge in [-0.05, 0) is 69.5 Å². The largest absolute Gasteiger partial charge is 0.407 e. The van der Waals surface area contributed by atoms with Gasteiger partial charge in [-0.15, -0.1) is 5.73 Å². The molecule has 0 amide bonds. The molecule has 0 unspecified atom stereocenters. The van der Waals surface area contributed by atoms with Crippen molar-refractivity contribution in [3.63, 3.8) is 0 Å². The van der Waals surface area contributed by atoms with Gasteiger partial charge in [-0.1, -0.05) is 187 Å². The number of allylic oxidation sites excluding steroid dienone is 1. The lowest BCUT2D eigenvalue weighted by Crippen LogP contribution is -2.66. The standard InChI is InChI=1S/C47H60O3SSi2/c1-10-25-40(37-50-53(47(7,8)9,43-30-19-13-20-31-43)44-32-21-14-22-33-44)36-38(2)45(51-39(3)48)34-23-24-35-49-52(46(4,5)6,41-26-15-11-16-27-41)42-28-17-12-18-29-42/h10-22,25-33,45H,23-24,34-35,37H2,1-9H3/b25-10+/t36?,45-/m0/s1. The van der Waals surface area contributed by atoms with Gasteiger partial charge in [-0.3, -0.25) is 4.79 Å². The molecule has 0 aliphatic heterocycles. The summed E-state index contributed by atoms with van der Waals surface area (Å²) >= 11 is 1.41. The summed E-state index contributed by atoms with van der Waals surface area (Å²) in [6.07, 6.45) is 6.88. The van der Waals surface area contributed by atoms with Crippen molar-refractivity contribution >= 4 is 54.3 Å². The molecule has 4 aromatic carbocycles. The summed E-state index contributed by atoms with van der Waals surface area (Å²) < 4.78 is 14.4. The van der Waals surface area contributed by atoms with Gasteiger partial charge in [0.2, 0.25) is 0 Å². The first-order valence-corrected chi connectivity index (χ1v) is 23.7. The maximum atomic E-state index is 12.6. The van der Waals surface area contributed by atoms with Gasteiger partial charge in [0, 0.05) is 24.4 Å². The van der Waals surface area contributed by atoms with Crippen molar-refractivity contribution in [1.82, 2.24) is 0 Å². The molecule has 1 atom stereocenters. The molecule has 0 radical (unpaired) electrons. The summed E-state index contributed by atoms with van der Waals surface area (Å²) in [4.78, 5) is 12.6. The molecule has 0 saturated carbocycles. The number of hydrogen-bond acceptors (Lipinski definition) is 4. The maximum absolute atomic E-state index is 12.6. The number of carbonyl (C=O) groups excluding carboxylic acids is 1. The van der Waals surface area contributed by atoms with E-state index in [1.807, 2.05) is 6.92 Å². The van der Waals surface area contributed by atoms with Gasteiger partial charge in [0.15, 0.2) is 5.12 Å². The zero-order valence-electron chi connectivity index (χ0n) is 33.4. The van der Waals surface area contributed by atoms with Gasteiger partial charge in [0.1, 0.15) is 0 Å². The first kappa shape index (κ1) is 42.3. The number of rotatable bonds is 16. The van der Waals surface area contributed by atoms with Crippen LogP contribution in [0.2, 0.25) is 10.1 Å². The van der Waals surface area contributed by atoms with Crippen LogP contribution < -0.4 is 20.7 Å². The molecule has 0 aromatic heterocycles. The Kier molecular flexibility index (Phi) is 15.3. The van der Waals surface area contributed by atoms with Crippen molar-refractivity contribution < 1.29 is 13.6 Å². The van der Waals surface area contributed by atoms with Crippen LogP contribution >= 0.6 is 11.8 Å². The Balaban J connectivity index is 1.59. The van der Waals surface area contributed by atoms with Crippen LogP contribution in [-0.2, 0) is 13.6 Å². The molecule has 0 aliphatic carbocycles. The highest BCUT2D eigenvalue weighted by Gasteiger charge is 2.51. The molecular formula is C47H60O3SSi2. The van der Waals surface area contributed by atoms with Crippen LogP contribution in [0.25, 0.3) is 0 Å². The average Bonchev–Trinajstić information content (AvgIpc) is 3.13. The van der Waals surface area contributed by atoms with Crippen molar-refractivity contribution in [3.05, 3.63) is 150 Å². The SMILES string of the molecule is C/C=C/C(=C=C(C)[C@H](CCCCO[Si](c1ccccc1)(c1ccccc1)C(C)(C)C)SC(C)=O)CO[Si](c1ccccc1)(c1ccccc1)C(C)(C)C. The molecule has 4 rings (SSSR count). The van der Waals surface area contributed by atoms with Gasteiger partial charge in [-0.25, -0.2) is 0 Å². The van der Waals surface area contributed by atoms with Gasteiger partial charge >= 0.3 is 0 Å². The summed E-state index contributed by atoms with van der Waals surface area (Å²) in [6.45, 7) is 20.8. The second-order valence-electron chi connectivity index (χ2n) is 15.9. The molecule has 280 valence electrons. The van der Waals surface area contributed by atoms with Crippen LogP contribution in [0, 0.1) is 0 Å². The van der Waals surface area contributed by atoms with Crippen molar-refractivity contribution in [3.8, 4) is 0 Å². The number of thioether (sulfide) groups is 1. The second-order valence-corrected chi connectivity index (χ2v) is 25.9. The third-order valence-corrected chi connectivity index (χ3v) is 21.2. The monoisotopic (exact) mass is 760 g/mol. The lowest BCUT2D eigenvalue weighted by molar-refractivity contribution is -0.109. The van der Waals surface area contributed by atoms with Crippen LogP contribution in [0.5, 0.6) is 0 Å². The Morgan fingerprint density at radius 1 is 0.660 bits per heavy atom. The molecule has 0 fully saturated rings. The normalized spacial score (nSPS) is 13.1. The van der Waals surface area contributed by atoms with Gasteiger partial charge in [0.05, 0.1) is 6.61 Å². The molecule has 0 bridgehead atoms. The predicted octanol–water partition coefficient (Wildman–Crippen LogP) is 10.0. The van der Waals surface area contributed by atoms with Gasteiger partial charge in [0.25, 0.3) is 16.6 Å². The number of hydrogen-bond donors (Lipinski definition) is 0. The van der Waals surface area contributed by atoms with E-state index in [4.69, 9.17) is 8.85 Å². The molecule has 0 saturated heterocycles. The van der Waals surface area contributed by atoms with E-state index in [1.54, 1.807) is 6.92 Å². The van der Waals surface area contributed by atoms with E-state index in [1.165, 1.54) is 32.5 Å². The van der Waals surface area contributed by atoms with Crippen LogP contribution in [-0.4, -0.2) is 40.2 Å². The van der Waals surface area contributed by atoms with E-state index in [-0.39, 0.29) is 20.4 Å². The van der Waals surface area contributed by atoms with Crippen molar-refractivity contribution in [2.75, 3.05) is 13.2 Å². The Morgan fingerprint density at radius 2 is 1.06 bits per heavy atom. The smallest absolute Gasteiger partial charge is 0.261 e. The minimum atomic E-state index is -2.73. The minimum absolute atomic E-state index is 0.0217. The van der Waals surface area contributed by atoms with Crippen LogP contribution in [0.15, 0.2) is 150 Å². The van der Waals surface area contributed by atoms with E-state index >= 15 is 0 Å². The van der Waals surface area contributed by atoms with E-state index in [0.717, 1.165) is 30.4 Å². The van der Waals surface area contributed by atoms with Crippen molar-refractivity contribution in [2.24, 2.45) is 0 Å². The lowest BCUT2D eigenvalue weighted by Gasteiger charge is -2.43. The van der Waals surface area contributed by atoms with E-state index in [9.17, 15) is 4.79 Å². The van der Waals surface area contributed by atoms with E-state index < -0.39 is 16.6 Å². The van der Waals surface area contributed by atoms with E-state index in [2.05, 4.69) is 188 Å². The minimum Gasteiger partial charge on any atom is -0.407 e. The molecule has 6 heteroatoms. The summed E-state index contributed by atoms with van der Waals surface area (Å²) in [6, 6.07) is 43.1. The van der Waals surface area contributed by atoms with Gasteiger partial charge < -0.3 is 8.85 Å². The van der Waals surface area contributed by atoms with Crippen LogP contribution in [0.4, 0.5) is 0 Å². The topological polar surface area (TPSA) is 35.5 Å². The Labute approximate surface area is 326 Å². The fraction of sp³-hybridized carbons (Fsp3) is 0.362. The lowest BCUT2D eigenvalue weighted by atomic mass is 10.1. The highest BCUT2D eigenvalue weighted by atomic mass is 32.2. The summed E-state index contributed by atoms with van der Waals surface area (Å²) in [7, 11) is -5.32. The van der Waals surface area contributed by atoms with Crippen molar-refractivity contribution in [1.29, 1.82) is 0 Å². The molecule has 0 heterocycles. The molecule has 3 nitrogen and oxygen atoms in total. The third-order valence-electron chi connectivity index (χ3n) is 9.97. The zero-order chi connectivity index (χ0) is 38.5. The number of benzene rings is 4. The molecule has 53 heavy (non-hydrogen) atoms. The molecule has 0 aliphatic rings. The van der Waals surface area contributed by atoms with Crippen LogP contribution in [0.1, 0.15) is 81.6 Å². The molecule has 4 aromatic rings. The fourth-order valence-electron chi connectivity index (χ4n) is 7.59. The summed E-state index contributed by atoms with van der Waals surface area (Å²) in [5, 5.41) is 5.05. The quantitative estimate of drug-likeness (QED) is 0.0493. The second kappa shape index (κ2) is 19.2. The molecular weight excluding hydrogens is 701 g/mol. The van der Waals surface area contributed by atoms with Gasteiger partial charge in [-0.2, -0.15) is 0 Å². The highest BCUT2D eigenvalue weighted by molar-refractivity contribution is 8.14. The average molecular weight is 761 g/mol. The Hall–Kier alpha value is -3.49. The first-order valence-electron chi connectivity index (χ1n) is 19.0. The maximum Gasteiger partial charge on any atom is 0.261 e. The molecule has 0 N–H and O–H groups in total. The Morgan fingerprint density at radius 3 is 1.42 bits per heavy atom. The van der Waals surface area contributed by atoms with E-state index in [0.29, 0.717) is 13.2 Å². The fourth-order valence-corrected chi connectivity index (χ4v) is 17.6. The number of carbonyl (C=O) groups is 1. The predicted molar refractivity (Wildman–Crippen MR) is 234 cm³/mol. The Bertz CT molecular complexity index is 1740. The zero-order valence-corrected chi connectivity index (χ0v) is 36.3. The van der Waals surface area contributed by atoms with Crippen LogP contribution in [0.3, 0.4) is 0 Å². The third kappa shape index (κ3) is 10.4.